The Balaban J connectivity index is 0. The van der Waals surface area contributed by atoms with Crippen molar-refractivity contribution in [3.8, 4) is 0 Å². The highest BCUT2D eigenvalue weighted by atomic mass is 32.2. The number of amides is 2. The molecule has 0 saturated heterocycles. The van der Waals surface area contributed by atoms with Crippen LogP contribution >= 0.6 is 0 Å². The van der Waals surface area contributed by atoms with Crippen molar-refractivity contribution in [2.75, 3.05) is 13.2 Å². The average Bonchev–Trinajstić information content (AvgIpc) is 2.25. The van der Waals surface area contributed by atoms with Crippen LogP contribution in [0.25, 0.3) is 0 Å². The lowest BCUT2D eigenvalue weighted by Gasteiger charge is -2.06. The summed E-state index contributed by atoms with van der Waals surface area (Å²) < 4.78 is 34.0. The van der Waals surface area contributed by atoms with Crippen LogP contribution in [0.4, 0.5) is 0 Å². The maximum Gasteiger partial charge on any atom is 0.277 e. The van der Waals surface area contributed by atoms with Crippen molar-refractivity contribution in [3.63, 3.8) is 0 Å². The molecule has 2 amide bonds. The Labute approximate surface area is 111 Å². The minimum Gasteiger partial charge on any atom is -0.373 e. The van der Waals surface area contributed by atoms with Crippen molar-refractivity contribution >= 4 is 21.9 Å². The zero-order chi connectivity index (χ0) is 15.5. The summed E-state index contributed by atoms with van der Waals surface area (Å²) in [7, 11) is -4.63. The first-order valence-electron chi connectivity index (χ1n) is 5.00. The molecule has 110 valence electrons. The molecule has 8 nitrogen and oxygen atoms in total. The molecule has 0 aromatic heterocycles. The number of carbonyl (C=O) groups excluding carboxylic acids is 2. The standard InChI is InChI=1S/C6H10O.C4H8N2O5S/c1-3-5-7-6-4-2;5-3(7)1-2(4(6)8)12(9,10)11/h3-4H,1-2,5-6H2;2H,1H2,(H2,5,7)(H2,6,8)(H,9,10,11). The van der Waals surface area contributed by atoms with Crippen LogP contribution in [0.3, 0.4) is 0 Å². The molecule has 0 aromatic rings. The molecule has 9 heteroatoms. The first-order valence-corrected chi connectivity index (χ1v) is 6.50. The molecule has 0 radical (unpaired) electrons. The maximum absolute atomic E-state index is 10.4. The normalized spacial score (nSPS) is 11.6. The summed E-state index contributed by atoms with van der Waals surface area (Å²) in [5, 5.41) is -1.95. The van der Waals surface area contributed by atoms with Gasteiger partial charge in [-0.25, -0.2) is 0 Å². The van der Waals surface area contributed by atoms with E-state index in [4.69, 9.17) is 9.29 Å². The van der Waals surface area contributed by atoms with Crippen LogP contribution in [0.1, 0.15) is 6.42 Å². The highest BCUT2D eigenvalue weighted by molar-refractivity contribution is 7.87. The zero-order valence-electron chi connectivity index (χ0n) is 10.3. The Kier molecular flexibility index (Phi) is 10.6. The molecule has 0 aromatic carbocycles. The summed E-state index contributed by atoms with van der Waals surface area (Å²) in [6.45, 7) is 8.18. The molecular weight excluding hydrogens is 276 g/mol. The maximum atomic E-state index is 10.4. The van der Waals surface area contributed by atoms with E-state index in [-0.39, 0.29) is 0 Å². The Morgan fingerprint density at radius 1 is 1.21 bits per heavy atom. The molecule has 0 aliphatic heterocycles. The Hall–Kier alpha value is -1.71. The minimum atomic E-state index is -4.63. The van der Waals surface area contributed by atoms with E-state index in [1.807, 2.05) is 0 Å². The van der Waals surface area contributed by atoms with E-state index in [9.17, 15) is 18.0 Å². The van der Waals surface area contributed by atoms with Gasteiger partial charge in [0.15, 0.2) is 5.25 Å². The predicted molar refractivity (Wildman–Crippen MR) is 69.6 cm³/mol. The van der Waals surface area contributed by atoms with Crippen molar-refractivity contribution < 1.29 is 27.3 Å². The van der Waals surface area contributed by atoms with Gasteiger partial charge in [-0.1, -0.05) is 12.2 Å². The third-order valence-corrected chi connectivity index (χ3v) is 2.65. The topological polar surface area (TPSA) is 150 Å². The van der Waals surface area contributed by atoms with E-state index in [0.29, 0.717) is 13.2 Å². The SMILES string of the molecule is C=CCOCC=C.NC(=O)CC(C(N)=O)S(=O)(=O)O. The smallest absolute Gasteiger partial charge is 0.277 e. The average molecular weight is 294 g/mol. The molecule has 1 unspecified atom stereocenters. The molecule has 0 aliphatic rings. The largest absolute Gasteiger partial charge is 0.373 e. The number of nitrogens with two attached hydrogens (primary N) is 2. The molecule has 0 heterocycles. The van der Waals surface area contributed by atoms with Crippen LogP contribution in [0, 0.1) is 0 Å². The summed E-state index contributed by atoms with van der Waals surface area (Å²) in [6, 6.07) is 0. The fourth-order valence-electron chi connectivity index (χ4n) is 0.770. The second kappa shape index (κ2) is 10.2. The fourth-order valence-corrected chi connectivity index (χ4v) is 1.44. The number of rotatable bonds is 8. The van der Waals surface area contributed by atoms with Gasteiger partial charge in [-0.15, -0.1) is 13.2 Å². The summed E-state index contributed by atoms with van der Waals surface area (Å²) in [6.07, 6.45) is 2.61. The zero-order valence-corrected chi connectivity index (χ0v) is 11.1. The van der Waals surface area contributed by atoms with Gasteiger partial charge < -0.3 is 16.2 Å². The van der Waals surface area contributed by atoms with Gasteiger partial charge in [0, 0.05) is 0 Å². The summed E-state index contributed by atoms with van der Waals surface area (Å²) >= 11 is 0. The van der Waals surface area contributed by atoms with Crippen molar-refractivity contribution in [2.24, 2.45) is 11.5 Å². The molecule has 1 atom stereocenters. The van der Waals surface area contributed by atoms with Crippen LogP contribution in [-0.2, 0) is 24.4 Å². The van der Waals surface area contributed by atoms with Crippen LogP contribution in [0.5, 0.6) is 0 Å². The van der Waals surface area contributed by atoms with Crippen molar-refractivity contribution in [3.05, 3.63) is 25.3 Å². The first-order chi connectivity index (χ1) is 8.66. The van der Waals surface area contributed by atoms with Gasteiger partial charge in [0.1, 0.15) is 0 Å². The second-order valence-electron chi connectivity index (χ2n) is 3.19. The number of primary amides is 2. The van der Waals surface area contributed by atoms with E-state index >= 15 is 0 Å². The molecular formula is C10H18N2O6S. The van der Waals surface area contributed by atoms with Gasteiger partial charge in [0.05, 0.1) is 19.6 Å². The summed E-state index contributed by atoms with van der Waals surface area (Å²) in [4.78, 5) is 20.6. The highest BCUT2D eigenvalue weighted by Crippen LogP contribution is 2.02. The van der Waals surface area contributed by atoms with Gasteiger partial charge in [-0.2, -0.15) is 8.42 Å². The van der Waals surface area contributed by atoms with Crippen molar-refractivity contribution in [2.45, 2.75) is 11.7 Å². The Morgan fingerprint density at radius 3 is 1.79 bits per heavy atom. The fraction of sp³-hybridized carbons (Fsp3) is 0.400. The molecule has 0 fully saturated rings. The quantitative estimate of drug-likeness (QED) is 0.296. The first kappa shape index (κ1) is 19.6. The monoisotopic (exact) mass is 294 g/mol. The van der Waals surface area contributed by atoms with E-state index in [2.05, 4.69) is 24.6 Å². The molecule has 0 saturated carbocycles. The third-order valence-electron chi connectivity index (χ3n) is 1.53. The Morgan fingerprint density at radius 2 is 1.63 bits per heavy atom. The van der Waals surface area contributed by atoms with Crippen LogP contribution < -0.4 is 11.5 Å². The third kappa shape index (κ3) is 12.5. The number of carbonyl (C=O) groups is 2. The van der Waals surface area contributed by atoms with E-state index in [0.717, 1.165) is 0 Å². The van der Waals surface area contributed by atoms with Crippen molar-refractivity contribution in [1.29, 1.82) is 0 Å². The molecule has 0 spiro atoms. The predicted octanol–water partition coefficient (Wildman–Crippen LogP) is -1.02. The van der Waals surface area contributed by atoms with E-state index in [1.54, 1.807) is 12.2 Å². The van der Waals surface area contributed by atoms with Crippen LogP contribution in [0.15, 0.2) is 25.3 Å². The molecule has 0 bridgehead atoms. The molecule has 0 rings (SSSR count). The van der Waals surface area contributed by atoms with E-state index < -0.39 is 33.6 Å². The lowest BCUT2D eigenvalue weighted by Crippen LogP contribution is -2.38. The highest BCUT2D eigenvalue weighted by Gasteiger charge is 2.30. The second-order valence-corrected chi connectivity index (χ2v) is 4.79. The van der Waals surface area contributed by atoms with Gasteiger partial charge in [-0.3, -0.25) is 14.1 Å². The van der Waals surface area contributed by atoms with Gasteiger partial charge in [0.25, 0.3) is 10.1 Å². The van der Waals surface area contributed by atoms with Gasteiger partial charge in [-0.05, 0) is 0 Å². The summed E-state index contributed by atoms with van der Waals surface area (Å²) in [5.41, 5.74) is 9.19. The van der Waals surface area contributed by atoms with Crippen LogP contribution in [0.2, 0.25) is 0 Å². The number of hydrogen-bond acceptors (Lipinski definition) is 5. The summed E-state index contributed by atoms with van der Waals surface area (Å²) in [5.74, 6) is -2.34. The molecule has 19 heavy (non-hydrogen) atoms. The number of ether oxygens (including phenoxy) is 1. The molecule has 0 aliphatic carbocycles. The van der Waals surface area contributed by atoms with Gasteiger partial charge >= 0.3 is 0 Å². The minimum absolute atomic E-state index is 0.617. The molecule has 5 N–H and O–H groups in total. The van der Waals surface area contributed by atoms with Crippen molar-refractivity contribution in [1.82, 2.24) is 0 Å². The Bertz CT molecular complexity index is 410. The van der Waals surface area contributed by atoms with Crippen LogP contribution in [-0.4, -0.2) is 43.2 Å². The number of hydrogen-bond donors (Lipinski definition) is 3. The lowest BCUT2D eigenvalue weighted by atomic mass is 10.3. The lowest BCUT2D eigenvalue weighted by molar-refractivity contribution is -0.123. The van der Waals surface area contributed by atoms with E-state index in [1.165, 1.54) is 0 Å². The van der Waals surface area contributed by atoms with Gasteiger partial charge in [0.2, 0.25) is 11.8 Å².